The molecule has 0 bridgehead atoms. The normalized spacial score (nSPS) is 15.8. The number of benzene rings is 1. The maximum absolute atomic E-state index is 13.4. The maximum atomic E-state index is 13.4. The van der Waals surface area contributed by atoms with Crippen LogP contribution in [0.5, 0.6) is 0 Å². The van der Waals surface area contributed by atoms with Gasteiger partial charge in [0, 0.05) is 18.1 Å². The lowest BCUT2D eigenvalue weighted by atomic mass is 9.88. The molecule has 150 valence electrons. The third-order valence-electron chi connectivity index (χ3n) is 5.44. The molecule has 6 heteroatoms. The second kappa shape index (κ2) is 10.4. The van der Waals surface area contributed by atoms with Crippen molar-refractivity contribution in [3.63, 3.8) is 0 Å². The van der Waals surface area contributed by atoms with Gasteiger partial charge in [-0.15, -0.1) is 11.3 Å². The SMILES string of the molecule is CCC(C(=O)N(CC(=O)Nc1nccs1)CC1CCCCC1)c1ccccc1. The lowest BCUT2D eigenvalue weighted by Crippen LogP contribution is -2.43. The molecule has 0 radical (unpaired) electrons. The van der Waals surface area contributed by atoms with E-state index in [0.717, 1.165) is 24.8 Å². The van der Waals surface area contributed by atoms with Gasteiger partial charge < -0.3 is 10.2 Å². The van der Waals surface area contributed by atoms with Crippen LogP contribution in [0.4, 0.5) is 5.13 Å². The first-order valence-corrected chi connectivity index (χ1v) is 11.1. The number of anilines is 1. The second-order valence-electron chi connectivity index (χ2n) is 7.48. The molecule has 1 unspecified atom stereocenters. The number of hydrogen-bond donors (Lipinski definition) is 1. The monoisotopic (exact) mass is 399 g/mol. The fourth-order valence-electron chi connectivity index (χ4n) is 3.99. The quantitative estimate of drug-likeness (QED) is 0.701. The minimum absolute atomic E-state index is 0.0496. The molecule has 2 aromatic rings. The molecule has 3 rings (SSSR count). The maximum Gasteiger partial charge on any atom is 0.245 e. The molecule has 0 spiro atoms. The van der Waals surface area contributed by atoms with Crippen LogP contribution in [-0.4, -0.2) is 34.8 Å². The zero-order valence-corrected chi connectivity index (χ0v) is 17.3. The number of rotatable bonds is 8. The highest BCUT2D eigenvalue weighted by molar-refractivity contribution is 7.13. The van der Waals surface area contributed by atoms with Gasteiger partial charge in [-0.05, 0) is 30.7 Å². The second-order valence-corrected chi connectivity index (χ2v) is 8.37. The van der Waals surface area contributed by atoms with Gasteiger partial charge in [-0.3, -0.25) is 9.59 Å². The Morgan fingerprint density at radius 3 is 2.61 bits per heavy atom. The van der Waals surface area contributed by atoms with E-state index in [1.54, 1.807) is 11.1 Å². The van der Waals surface area contributed by atoms with E-state index in [1.165, 1.54) is 30.6 Å². The molecule has 1 aromatic carbocycles. The zero-order valence-electron chi connectivity index (χ0n) is 16.5. The van der Waals surface area contributed by atoms with Crippen molar-refractivity contribution >= 4 is 28.3 Å². The fourth-order valence-corrected chi connectivity index (χ4v) is 4.53. The molecule has 2 amide bonds. The Morgan fingerprint density at radius 2 is 1.96 bits per heavy atom. The lowest BCUT2D eigenvalue weighted by molar-refractivity contribution is -0.137. The summed E-state index contributed by atoms with van der Waals surface area (Å²) in [6.45, 7) is 2.77. The third-order valence-corrected chi connectivity index (χ3v) is 6.12. The Labute approximate surface area is 171 Å². The number of hydrogen-bond acceptors (Lipinski definition) is 4. The summed E-state index contributed by atoms with van der Waals surface area (Å²) in [7, 11) is 0. The topological polar surface area (TPSA) is 62.3 Å². The zero-order chi connectivity index (χ0) is 19.8. The summed E-state index contributed by atoms with van der Waals surface area (Å²) in [5.41, 5.74) is 1.02. The van der Waals surface area contributed by atoms with E-state index in [4.69, 9.17) is 0 Å². The molecule has 1 heterocycles. The number of carbonyl (C=O) groups is 2. The van der Waals surface area contributed by atoms with Crippen LogP contribution in [0.15, 0.2) is 41.9 Å². The third kappa shape index (κ3) is 5.64. The minimum atomic E-state index is -0.211. The number of amides is 2. The summed E-state index contributed by atoms with van der Waals surface area (Å²) < 4.78 is 0. The van der Waals surface area contributed by atoms with Crippen molar-refractivity contribution in [2.24, 2.45) is 5.92 Å². The molecular weight excluding hydrogens is 370 g/mol. The Balaban J connectivity index is 1.73. The molecule has 1 aromatic heterocycles. The molecule has 1 aliphatic carbocycles. The summed E-state index contributed by atoms with van der Waals surface area (Å²) in [5.74, 6) is 0.145. The van der Waals surface area contributed by atoms with Crippen LogP contribution in [0, 0.1) is 5.92 Å². The van der Waals surface area contributed by atoms with Crippen LogP contribution < -0.4 is 5.32 Å². The van der Waals surface area contributed by atoms with Gasteiger partial charge in [-0.1, -0.05) is 56.5 Å². The molecular formula is C22H29N3O2S. The number of thiazole rings is 1. The summed E-state index contributed by atoms with van der Waals surface area (Å²) in [5, 5.41) is 5.21. The summed E-state index contributed by atoms with van der Waals surface area (Å²) in [4.78, 5) is 31.9. The summed E-state index contributed by atoms with van der Waals surface area (Å²) >= 11 is 1.38. The van der Waals surface area contributed by atoms with Crippen molar-refractivity contribution in [1.29, 1.82) is 0 Å². The number of nitrogens with zero attached hydrogens (tertiary/aromatic N) is 2. The fraction of sp³-hybridized carbons (Fsp3) is 0.500. The largest absolute Gasteiger partial charge is 0.333 e. The van der Waals surface area contributed by atoms with Crippen molar-refractivity contribution in [1.82, 2.24) is 9.88 Å². The van der Waals surface area contributed by atoms with E-state index in [9.17, 15) is 9.59 Å². The molecule has 0 saturated heterocycles. The van der Waals surface area contributed by atoms with Gasteiger partial charge in [0.2, 0.25) is 11.8 Å². The smallest absolute Gasteiger partial charge is 0.245 e. The van der Waals surface area contributed by atoms with Gasteiger partial charge in [-0.2, -0.15) is 0 Å². The van der Waals surface area contributed by atoms with E-state index < -0.39 is 0 Å². The van der Waals surface area contributed by atoms with E-state index in [-0.39, 0.29) is 24.3 Å². The highest BCUT2D eigenvalue weighted by atomic mass is 32.1. The number of nitrogens with one attached hydrogen (secondary N) is 1. The van der Waals surface area contributed by atoms with E-state index in [2.05, 4.69) is 10.3 Å². The molecule has 1 aliphatic rings. The van der Waals surface area contributed by atoms with E-state index in [1.807, 2.05) is 42.6 Å². The highest BCUT2D eigenvalue weighted by Crippen LogP contribution is 2.27. The van der Waals surface area contributed by atoms with Crippen LogP contribution >= 0.6 is 11.3 Å². The van der Waals surface area contributed by atoms with E-state index >= 15 is 0 Å². The first-order chi connectivity index (χ1) is 13.7. The molecule has 1 atom stereocenters. The Bertz CT molecular complexity index is 742. The summed E-state index contributed by atoms with van der Waals surface area (Å²) in [6, 6.07) is 9.89. The summed E-state index contributed by atoms with van der Waals surface area (Å²) in [6.07, 6.45) is 8.37. The number of aromatic nitrogens is 1. The Morgan fingerprint density at radius 1 is 1.21 bits per heavy atom. The van der Waals surface area contributed by atoms with Crippen molar-refractivity contribution in [2.45, 2.75) is 51.4 Å². The van der Waals surface area contributed by atoms with Crippen molar-refractivity contribution in [3.05, 3.63) is 47.5 Å². The average molecular weight is 400 g/mol. The van der Waals surface area contributed by atoms with Crippen LogP contribution in [0.1, 0.15) is 56.9 Å². The van der Waals surface area contributed by atoms with Crippen molar-refractivity contribution in [2.75, 3.05) is 18.4 Å². The minimum Gasteiger partial charge on any atom is -0.333 e. The van der Waals surface area contributed by atoms with Crippen LogP contribution in [0.3, 0.4) is 0 Å². The highest BCUT2D eigenvalue weighted by Gasteiger charge is 2.28. The van der Waals surface area contributed by atoms with Gasteiger partial charge in [-0.25, -0.2) is 4.98 Å². The Hall–Kier alpha value is -2.21. The molecule has 1 saturated carbocycles. The molecule has 1 fully saturated rings. The van der Waals surface area contributed by atoms with Crippen LogP contribution in [-0.2, 0) is 9.59 Å². The molecule has 1 N–H and O–H groups in total. The van der Waals surface area contributed by atoms with Crippen LogP contribution in [0.25, 0.3) is 0 Å². The van der Waals surface area contributed by atoms with Gasteiger partial charge in [0.15, 0.2) is 5.13 Å². The lowest BCUT2D eigenvalue weighted by Gasteiger charge is -2.32. The van der Waals surface area contributed by atoms with Gasteiger partial charge >= 0.3 is 0 Å². The van der Waals surface area contributed by atoms with Crippen LogP contribution in [0.2, 0.25) is 0 Å². The predicted molar refractivity (Wildman–Crippen MR) is 113 cm³/mol. The van der Waals surface area contributed by atoms with Crippen molar-refractivity contribution < 1.29 is 9.59 Å². The first-order valence-electron chi connectivity index (χ1n) is 10.2. The molecule has 28 heavy (non-hydrogen) atoms. The predicted octanol–water partition coefficient (Wildman–Crippen LogP) is 4.68. The van der Waals surface area contributed by atoms with Gasteiger partial charge in [0.05, 0.1) is 12.5 Å². The average Bonchev–Trinajstić information content (AvgIpc) is 3.22. The first kappa shape index (κ1) is 20.5. The molecule has 5 nitrogen and oxygen atoms in total. The van der Waals surface area contributed by atoms with Gasteiger partial charge in [0.25, 0.3) is 0 Å². The Kier molecular flexibility index (Phi) is 7.60. The molecule has 0 aliphatic heterocycles. The van der Waals surface area contributed by atoms with E-state index in [0.29, 0.717) is 17.6 Å². The number of carbonyl (C=O) groups excluding carboxylic acids is 2. The van der Waals surface area contributed by atoms with Gasteiger partial charge in [0.1, 0.15) is 0 Å². The standard InChI is InChI=1S/C22H29N3O2S/c1-2-19(18-11-7-4-8-12-18)21(27)25(15-17-9-5-3-6-10-17)16-20(26)24-22-23-13-14-28-22/h4,7-8,11-14,17,19H,2-3,5-6,9-10,15-16H2,1H3,(H,23,24,26). The van der Waals surface area contributed by atoms with Crippen molar-refractivity contribution in [3.8, 4) is 0 Å².